The number of benzene rings is 1. The second kappa shape index (κ2) is 6.87. The molecular weight excluding hydrogens is 304 g/mol. The van der Waals surface area contributed by atoms with Crippen LogP contribution in [0, 0.1) is 13.8 Å². The molecule has 0 bridgehead atoms. The van der Waals surface area contributed by atoms with Gasteiger partial charge in [-0.2, -0.15) is 0 Å². The van der Waals surface area contributed by atoms with Gasteiger partial charge in [-0.25, -0.2) is 4.98 Å². The van der Waals surface area contributed by atoms with Crippen molar-refractivity contribution in [2.75, 3.05) is 10.9 Å². The van der Waals surface area contributed by atoms with Crippen LogP contribution >= 0.6 is 11.3 Å². The smallest absolute Gasteiger partial charge is 0.202 e. The maximum absolute atomic E-state index is 4.70. The number of para-hydroxylation sites is 1. The fraction of sp³-hybridized carbons (Fsp3) is 0.278. The van der Waals surface area contributed by atoms with E-state index in [2.05, 4.69) is 47.6 Å². The molecule has 120 valence electrons. The first kappa shape index (κ1) is 15.6. The van der Waals surface area contributed by atoms with Crippen molar-refractivity contribution in [1.29, 1.82) is 0 Å². The Kier molecular flexibility index (Phi) is 4.67. The van der Waals surface area contributed by atoms with Gasteiger partial charge in [-0.05, 0) is 38.5 Å². The minimum atomic E-state index is 0.865. The van der Waals surface area contributed by atoms with E-state index in [1.807, 2.05) is 30.3 Å². The highest BCUT2D eigenvalue weighted by Gasteiger charge is 2.13. The molecule has 3 rings (SSSR count). The molecule has 0 radical (unpaired) electrons. The average molecular weight is 326 g/mol. The van der Waals surface area contributed by atoms with Crippen molar-refractivity contribution in [1.82, 2.24) is 9.55 Å². The van der Waals surface area contributed by atoms with Crippen LogP contribution in [-0.4, -0.2) is 9.55 Å². The summed E-state index contributed by atoms with van der Waals surface area (Å²) in [5.41, 5.74) is 12.2. The number of nitrogens with zero attached hydrogens (tertiary/aromatic N) is 2. The lowest BCUT2D eigenvalue weighted by molar-refractivity contribution is 0.649. The van der Waals surface area contributed by atoms with E-state index in [-0.39, 0.29) is 0 Å². The van der Waals surface area contributed by atoms with Crippen LogP contribution in [0.2, 0.25) is 0 Å². The molecule has 0 amide bonds. The van der Waals surface area contributed by atoms with Gasteiger partial charge in [-0.15, -0.1) is 11.3 Å². The number of hydrogen-bond acceptors (Lipinski definition) is 4. The van der Waals surface area contributed by atoms with Gasteiger partial charge in [0.15, 0.2) is 0 Å². The highest BCUT2D eigenvalue weighted by Crippen LogP contribution is 2.30. The molecule has 5 heteroatoms. The molecule has 0 aliphatic rings. The zero-order chi connectivity index (χ0) is 16.2. The quantitative estimate of drug-likeness (QED) is 0.621. The van der Waals surface area contributed by atoms with Crippen LogP contribution in [0.4, 0.5) is 10.8 Å². The largest absolute Gasteiger partial charge is 0.348 e. The summed E-state index contributed by atoms with van der Waals surface area (Å²) < 4.78 is 2.37. The van der Waals surface area contributed by atoms with Crippen LogP contribution in [0.15, 0.2) is 41.8 Å². The first-order chi connectivity index (χ1) is 11.2. The lowest BCUT2D eigenvalue weighted by Crippen LogP contribution is -2.07. The summed E-state index contributed by atoms with van der Waals surface area (Å²) in [7, 11) is 0. The third kappa shape index (κ3) is 3.40. The van der Waals surface area contributed by atoms with Gasteiger partial charge in [0.05, 0.1) is 11.4 Å². The van der Waals surface area contributed by atoms with E-state index in [9.17, 15) is 0 Å². The first-order valence-corrected chi connectivity index (χ1v) is 8.76. The molecule has 4 nitrogen and oxygen atoms in total. The second-order valence-corrected chi connectivity index (χ2v) is 6.45. The molecule has 2 aromatic heterocycles. The van der Waals surface area contributed by atoms with Gasteiger partial charge in [0.2, 0.25) is 5.13 Å². The van der Waals surface area contributed by atoms with Gasteiger partial charge in [0.1, 0.15) is 0 Å². The molecule has 0 aliphatic heterocycles. The Balaban J connectivity index is 1.76. The molecule has 2 heterocycles. The molecular formula is C18H22N4S. The summed E-state index contributed by atoms with van der Waals surface area (Å²) in [6.07, 6.45) is 1.14. The van der Waals surface area contributed by atoms with Crippen molar-refractivity contribution in [2.45, 2.75) is 33.7 Å². The Morgan fingerprint density at radius 2 is 1.91 bits per heavy atom. The Hall–Kier alpha value is -2.27. The monoisotopic (exact) mass is 326 g/mol. The normalized spacial score (nSPS) is 10.7. The van der Waals surface area contributed by atoms with Crippen LogP contribution in [0.3, 0.4) is 0 Å². The second-order valence-electron chi connectivity index (χ2n) is 5.59. The van der Waals surface area contributed by atoms with Crippen LogP contribution in [0.25, 0.3) is 11.3 Å². The number of hydrogen-bond donors (Lipinski definition) is 2. The molecule has 0 saturated heterocycles. The number of aryl methyl sites for hydroxylation is 1. The predicted octanol–water partition coefficient (Wildman–Crippen LogP) is 5.08. The molecule has 0 aliphatic carbocycles. The van der Waals surface area contributed by atoms with E-state index in [1.54, 1.807) is 11.3 Å². The van der Waals surface area contributed by atoms with E-state index in [4.69, 9.17) is 4.98 Å². The van der Waals surface area contributed by atoms with E-state index in [0.717, 1.165) is 29.5 Å². The van der Waals surface area contributed by atoms with Crippen molar-refractivity contribution >= 4 is 22.2 Å². The van der Waals surface area contributed by atoms with Crippen LogP contribution in [0.5, 0.6) is 0 Å². The molecule has 0 fully saturated rings. The summed E-state index contributed by atoms with van der Waals surface area (Å²) >= 11 is 1.61. The molecule has 0 spiro atoms. The topological polar surface area (TPSA) is 41.9 Å². The molecule has 23 heavy (non-hydrogen) atoms. The number of hydrazine groups is 1. The third-order valence-electron chi connectivity index (χ3n) is 3.89. The molecule has 0 saturated carbocycles. The van der Waals surface area contributed by atoms with Gasteiger partial charge < -0.3 is 4.57 Å². The van der Waals surface area contributed by atoms with Gasteiger partial charge in [0.25, 0.3) is 0 Å². The standard InChI is InChI=1S/C18H22N4S/c1-4-10-22-13(2)11-16(14(22)3)17-12-23-18(19-17)21-20-15-8-6-5-7-9-15/h5-9,11-12,20H,4,10H2,1-3H3,(H,19,21). The average Bonchev–Trinajstić information content (AvgIpc) is 3.14. The zero-order valence-electron chi connectivity index (χ0n) is 13.8. The first-order valence-electron chi connectivity index (χ1n) is 7.88. The summed E-state index contributed by atoms with van der Waals surface area (Å²) in [5, 5.41) is 2.97. The summed E-state index contributed by atoms with van der Waals surface area (Å²) in [6.45, 7) is 7.60. The molecule has 0 atom stereocenters. The van der Waals surface area contributed by atoms with Gasteiger partial charge in [-0.1, -0.05) is 25.1 Å². The van der Waals surface area contributed by atoms with Crippen LogP contribution in [0.1, 0.15) is 24.7 Å². The maximum Gasteiger partial charge on any atom is 0.202 e. The molecule has 3 aromatic rings. The zero-order valence-corrected chi connectivity index (χ0v) is 14.6. The lowest BCUT2D eigenvalue weighted by Gasteiger charge is -2.07. The number of nitrogens with one attached hydrogen (secondary N) is 2. The van der Waals surface area contributed by atoms with Gasteiger partial charge >= 0.3 is 0 Å². The number of aromatic nitrogens is 2. The Morgan fingerprint density at radius 3 is 2.65 bits per heavy atom. The Labute approximate surface area is 141 Å². The number of thiazole rings is 1. The van der Waals surface area contributed by atoms with E-state index >= 15 is 0 Å². The summed E-state index contributed by atoms with van der Waals surface area (Å²) in [5.74, 6) is 0. The molecule has 0 unspecified atom stereocenters. The Bertz CT molecular complexity index is 774. The van der Waals surface area contributed by atoms with Gasteiger partial charge in [0, 0.05) is 28.9 Å². The Morgan fingerprint density at radius 1 is 1.13 bits per heavy atom. The van der Waals surface area contributed by atoms with Crippen molar-refractivity contribution in [3.8, 4) is 11.3 Å². The van der Waals surface area contributed by atoms with Crippen molar-refractivity contribution in [2.24, 2.45) is 0 Å². The number of anilines is 2. The van der Waals surface area contributed by atoms with Crippen LogP contribution in [-0.2, 0) is 6.54 Å². The summed E-state index contributed by atoms with van der Waals surface area (Å²) in [6, 6.07) is 12.3. The van der Waals surface area contributed by atoms with E-state index in [1.165, 1.54) is 17.0 Å². The maximum atomic E-state index is 4.70. The molecule has 2 N–H and O–H groups in total. The van der Waals surface area contributed by atoms with E-state index in [0.29, 0.717) is 0 Å². The van der Waals surface area contributed by atoms with Gasteiger partial charge in [-0.3, -0.25) is 10.9 Å². The lowest BCUT2D eigenvalue weighted by atomic mass is 10.2. The minimum absolute atomic E-state index is 0.865. The van der Waals surface area contributed by atoms with Crippen molar-refractivity contribution < 1.29 is 0 Å². The van der Waals surface area contributed by atoms with Crippen molar-refractivity contribution in [3.05, 3.63) is 53.2 Å². The number of rotatable bonds is 6. The summed E-state index contributed by atoms with van der Waals surface area (Å²) in [4.78, 5) is 4.70. The third-order valence-corrected chi connectivity index (χ3v) is 4.65. The fourth-order valence-electron chi connectivity index (χ4n) is 2.73. The highest BCUT2D eigenvalue weighted by atomic mass is 32.1. The predicted molar refractivity (Wildman–Crippen MR) is 99.0 cm³/mol. The SMILES string of the molecule is CCCn1c(C)cc(-c2csc(NNc3ccccc3)n2)c1C. The van der Waals surface area contributed by atoms with Crippen molar-refractivity contribution in [3.63, 3.8) is 0 Å². The van der Waals surface area contributed by atoms with E-state index < -0.39 is 0 Å². The highest BCUT2D eigenvalue weighted by molar-refractivity contribution is 7.14. The minimum Gasteiger partial charge on any atom is -0.348 e. The molecule has 1 aromatic carbocycles. The van der Waals surface area contributed by atoms with Crippen LogP contribution < -0.4 is 10.9 Å². The fourth-order valence-corrected chi connectivity index (χ4v) is 3.39.